The smallest absolute Gasteiger partial charge is 0.133 e. The fraction of sp³-hybridized carbons (Fsp3) is 0.125. The topological polar surface area (TPSA) is 33.0 Å². The van der Waals surface area contributed by atoms with Gasteiger partial charge in [0.1, 0.15) is 11.8 Å². The van der Waals surface area contributed by atoms with E-state index in [4.69, 9.17) is 10.00 Å². The molecule has 0 aromatic heterocycles. The van der Waals surface area contributed by atoms with Crippen LogP contribution in [0, 0.1) is 18.5 Å². The van der Waals surface area contributed by atoms with Crippen LogP contribution in [0.1, 0.15) is 5.56 Å². The summed E-state index contributed by atoms with van der Waals surface area (Å²) in [5, 5.41) is 8.71. The van der Waals surface area contributed by atoms with Crippen LogP contribution in [0.25, 0.3) is 0 Å². The van der Waals surface area contributed by atoms with Crippen LogP contribution in [0.3, 0.4) is 0 Å². The van der Waals surface area contributed by atoms with E-state index in [9.17, 15) is 0 Å². The van der Waals surface area contributed by atoms with E-state index >= 15 is 0 Å². The summed E-state index contributed by atoms with van der Waals surface area (Å²) in [5.74, 6) is 0.819. The van der Waals surface area contributed by atoms with Crippen LogP contribution in [0.2, 0.25) is 0 Å². The molecule has 0 atom stereocenters. The summed E-state index contributed by atoms with van der Waals surface area (Å²) in [7, 11) is 1.62. The molecule has 0 N–H and O–H groups in total. The van der Waals surface area contributed by atoms with E-state index < -0.39 is 0 Å². The monoisotopic (exact) mass is 385 g/mol. The molecule has 12 heavy (non-hydrogen) atoms. The summed E-state index contributed by atoms with van der Waals surface area (Å²) in [6, 6.07) is 5.80. The lowest BCUT2D eigenvalue weighted by Crippen LogP contribution is -1.90. The van der Waals surface area contributed by atoms with E-state index in [0.717, 1.165) is 12.9 Å². The highest BCUT2D eigenvalue weighted by molar-refractivity contribution is 14.1. The highest BCUT2D eigenvalue weighted by Gasteiger charge is 2.05. The van der Waals surface area contributed by atoms with Crippen molar-refractivity contribution >= 4 is 45.2 Å². The minimum atomic E-state index is 0.695. The van der Waals surface area contributed by atoms with Gasteiger partial charge in [0.05, 0.1) is 16.2 Å². The third-order valence-corrected chi connectivity index (χ3v) is 3.10. The molecule has 0 fully saturated rings. The van der Waals surface area contributed by atoms with Crippen LogP contribution in [0.5, 0.6) is 5.75 Å². The van der Waals surface area contributed by atoms with E-state index in [1.807, 2.05) is 12.1 Å². The van der Waals surface area contributed by atoms with Crippen molar-refractivity contribution < 1.29 is 4.74 Å². The minimum Gasteiger partial charge on any atom is -0.496 e. The number of hydrogen-bond acceptors (Lipinski definition) is 2. The first-order chi connectivity index (χ1) is 5.69. The zero-order valence-corrected chi connectivity index (χ0v) is 10.6. The molecule has 0 unspecified atom stereocenters. The SMILES string of the molecule is COc1cc(I)c(C#N)cc1I. The number of nitriles is 1. The Morgan fingerprint density at radius 2 is 2.00 bits per heavy atom. The molecule has 0 aliphatic carbocycles. The van der Waals surface area contributed by atoms with Crippen LogP contribution < -0.4 is 4.74 Å². The third-order valence-electron chi connectivity index (χ3n) is 1.36. The van der Waals surface area contributed by atoms with E-state index in [1.165, 1.54) is 0 Å². The van der Waals surface area contributed by atoms with E-state index in [1.54, 1.807) is 7.11 Å². The van der Waals surface area contributed by atoms with Gasteiger partial charge in [0.15, 0.2) is 0 Å². The molecular formula is C8H5I2NO. The second kappa shape index (κ2) is 4.28. The molecule has 4 heteroatoms. The lowest BCUT2D eigenvalue weighted by Gasteiger charge is -2.04. The number of benzene rings is 1. The van der Waals surface area contributed by atoms with Crippen molar-refractivity contribution in [2.45, 2.75) is 0 Å². The normalized spacial score (nSPS) is 9.17. The molecule has 0 radical (unpaired) electrons. The predicted molar refractivity (Wildman–Crippen MR) is 63.1 cm³/mol. The van der Waals surface area contributed by atoms with Crippen molar-refractivity contribution in [2.24, 2.45) is 0 Å². The third kappa shape index (κ3) is 2.01. The Labute approximate surface area is 98.2 Å². The molecule has 0 bridgehead atoms. The number of halogens is 2. The number of hydrogen-bond donors (Lipinski definition) is 0. The predicted octanol–water partition coefficient (Wildman–Crippen LogP) is 2.78. The van der Waals surface area contributed by atoms with E-state index in [0.29, 0.717) is 5.56 Å². The maximum Gasteiger partial charge on any atom is 0.133 e. The first kappa shape index (κ1) is 10.1. The molecule has 0 aliphatic rings. The van der Waals surface area contributed by atoms with E-state index in [-0.39, 0.29) is 0 Å². The van der Waals surface area contributed by atoms with Gasteiger partial charge in [0.25, 0.3) is 0 Å². The lowest BCUT2D eigenvalue weighted by atomic mass is 10.2. The van der Waals surface area contributed by atoms with Crippen LogP contribution in [-0.2, 0) is 0 Å². The van der Waals surface area contributed by atoms with Crippen LogP contribution >= 0.6 is 45.2 Å². The van der Waals surface area contributed by atoms with Crippen molar-refractivity contribution in [3.63, 3.8) is 0 Å². The van der Waals surface area contributed by atoms with Gasteiger partial charge < -0.3 is 4.74 Å². The zero-order valence-electron chi connectivity index (χ0n) is 6.27. The van der Waals surface area contributed by atoms with Gasteiger partial charge in [-0.3, -0.25) is 0 Å². The molecule has 0 heterocycles. The van der Waals surface area contributed by atoms with Gasteiger partial charge in [0.2, 0.25) is 0 Å². The largest absolute Gasteiger partial charge is 0.496 e. The quantitative estimate of drug-likeness (QED) is 0.697. The maximum atomic E-state index is 8.71. The number of rotatable bonds is 1. The van der Waals surface area contributed by atoms with Gasteiger partial charge in [0, 0.05) is 3.57 Å². The van der Waals surface area contributed by atoms with Gasteiger partial charge in [-0.05, 0) is 57.3 Å². The first-order valence-corrected chi connectivity index (χ1v) is 5.28. The zero-order chi connectivity index (χ0) is 9.14. The maximum absolute atomic E-state index is 8.71. The Bertz CT molecular complexity index is 343. The summed E-state index contributed by atoms with van der Waals surface area (Å²) < 4.78 is 6.99. The second-order valence-electron chi connectivity index (χ2n) is 2.08. The van der Waals surface area contributed by atoms with Gasteiger partial charge in [-0.15, -0.1) is 0 Å². The first-order valence-electron chi connectivity index (χ1n) is 3.12. The van der Waals surface area contributed by atoms with Gasteiger partial charge in [-0.25, -0.2) is 0 Å². The molecule has 1 rings (SSSR count). The summed E-state index contributed by atoms with van der Waals surface area (Å²) in [4.78, 5) is 0. The number of methoxy groups -OCH3 is 1. The number of ether oxygens (including phenoxy) is 1. The van der Waals surface area contributed by atoms with Crippen molar-refractivity contribution in [3.8, 4) is 11.8 Å². The molecule has 1 aromatic rings. The van der Waals surface area contributed by atoms with Crippen molar-refractivity contribution in [1.82, 2.24) is 0 Å². The summed E-state index contributed by atoms with van der Waals surface area (Å²) in [6.07, 6.45) is 0. The molecule has 1 aromatic carbocycles. The van der Waals surface area contributed by atoms with Crippen LogP contribution in [0.4, 0.5) is 0 Å². The van der Waals surface area contributed by atoms with Gasteiger partial charge in [-0.2, -0.15) is 5.26 Å². The Hall–Kier alpha value is -0.0300. The van der Waals surface area contributed by atoms with Crippen LogP contribution in [-0.4, -0.2) is 7.11 Å². The highest BCUT2D eigenvalue weighted by Crippen LogP contribution is 2.25. The molecule has 0 aliphatic heterocycles. The van der Waals surface area contributed by atoms with Crippen LogP contribution in [0.15, 0.2) is 12.1 Å². The summed E-state index contributed by atoms with van der Waals surface area (Å²) >= 11 is 4.27. The highest BCUT2D eigenvalue weighted by atomic mass is 127. The minimum absolute atomic E-state index is 0.695. The Morgan fingerprint density at radius 1 is 1.33 bits per heavy atom. The molecular weight excluding hydrogens is 380 g/mol. The Balaban J connectivity index is 3.28. The fourth-order valence-corrected chi connectivity index (χ4v) is 2.02. The molecule has 62 valence electrons. The molecule has 0 saturated heterocycles. The average molecular weight is 385 g/mol. The molecule has 0 amide bonds. The summed E-state index contributed by atoms with van der Waals surface area (Å²) in [5.41, 5.74) is 0.695. The Kier molecular flexibility index (Phi) is 3.58. The fourth-order valence-electron chi connectivity index (χ4n) is 0.771. The van der Waals surface area contributed by atoms with Crippen molar-refractivity contribution in [2.75, 3.05) is 7.11 Å². The van der Waals surface area contributed by atoms with Crippen molar-refractivity contribution in [1.29, 1.82) is 5.26 Å². The molecule has 0 saturated carbocycles. The molecule has 0 spiro atoms. The number of nitrogens with zero attached hydrogens (tertiary/aromatic N) is 1. The van der Waals surface area contributed by atoms with E-state index in [2.05, 4.69) is 51.3 Å². The molecule has 2 nitrogen and oxygen atoms in total. The lowest BCUT2D eigenvalue weighted by molar-refractivity contribution is 0.411. The van der Waals surface area contributed by atoms with Gasteiger partial charge in [-0.1, -0.05) is 0 Å². The second-order valence-corrected chi connectivity index (χ2v) is 4.40. The standard InChI is InChI=1S/C8H5I2NO/c1-12-8-3-6(9)5(4-11)2-7(8)10/h2-3H,1H3. The Morgan fingerprint density at radius 3 is 2.50 bits per heavy atom. The summed E-state index contributed by atoms with van der Waals surface area (Å²) in [6.45, 7) is 0. The van der Waals surface area contributed by atoms with Gasteiger partial charge >= 0.3 is 0 Å². The average Bonchev–Trinajstić information content (AvgIpc) is 2.08. The van der Waals surface area contributed by atoms with Crippen molar-refractivity contribution in [3.05, 3.63) is 24.8 Å².